The number of thiazole rings is 1. The summed E-state index contributed by atoms with van der Waals surface area (Å²) in [5.41, 5.74) is 7.28. The topological polar surface area (TPSA) is 93.1 Å². The fourth-order valence-electron chi connectivity index (χ4n) is 2.35. The molecule has 1 unspecified atom stereocenters. The van der Waals surface area contributed by atoms with Gasteiger partial charge in [-0.3, -0.25) is 4.99 Å². The zero-order valence-electron chi connectivity index (χ0n) is 13.1. The van der Waals surface area contributed by atoms with Gasteiger partial charge in [0.25, 0.3) is 0 Å². The molecule has 3 N–H and O–H groups in total. The average molecular weight is 409 g/mol. The number of nitrogens with zero attached hydrogens (tertiary/aromatic N) is 3. The van der Waals surface area contributed by atoms with Crippen molar-refractivity contribution in [2.75, 3.05) is 13.2 Å². The maximum Gasteiger partial charge on any atom is 0.185 e. The van der Waals surface area contributed by atoms with Gasteiger partial charge in [-0.05, 0) is 25.1 Å². The van der Waals surface area contributed by atoms with Crippen LogP contribution in [0.1, 0.15) is 16.8 Å². The van der Waals surface area contributed by atoms with Crippen LogP contribution in [-0.2, 0) is 6.42 Å². The molecule has 8 heteroatoms. The molecular formula is C16H17BrN4O2S. The number of rotatable bonds is 3. The van der Waals surface area contributed by atoms with Crippen LogP contribution < -0.4 is 10.5 Å². The van der Waals surface area contributed by atoms with Gasteiger partial charge in [0.1, 0.15) is 5.75 Å². The number of aliphatic hydroxyl groups excluding tert-OH is 1. The molecule has 2 heterocycles. The summed E-state index contributed by atoms with van der Waals surface area (Å²) in [5.74, 6) is 1.25. The molecule has 0 saturated heterocycles. The van der Waals surface area contributed by atoms with E-state index >= 15 is 0 Å². The van der Waals surface area contributed by atoms with Gasteiger partial charge in [0.05, 0.1) is 31.3 Å². The van der Waals surface area contributed by atoms with E-state index in [0.29, 0.717) is 17.5 Å². The zero-order valence-corrected chi connectivity index (χ0v) is 15.5. The normalized spacial score (nSPS) is 15.5. The third-order valence-electron chi connectivity index (χ3n) is 3.38. The number of halogens is 1. The van der Waals surface area contributed by atoms with E-state index in [9.17, 15) is 5.11 Å². The Kier molecular flexibility index (Phi) is 5.27. The van der Waals surface area contributed by atoms with Gasteiger partial charge >= 0.3 is 0 Å². The van der Waals surface area contributed by atoms with Gasteiger partial charge in [-0.15, -0.1) is 11.3 Å². The SMILES string of the molecule is CC(O)CN=C(N=CN)c1nc2c(s1)CCOc1cc(Br)ccc1-2. The predicted octanol–water partition coefficient (Wildman–Crippen LogP) is 2.62. The summed E-state index contributed by atoms with van der Waals surface area (Å²) < 4.78 is 6.79. The van der Waals surface area contributed by atoms with Crippen LogP contribution in [-0.4, -0.2) is 41.5 Å². The lowest BCUT2D eigenvalue weighted by Crippen LogP contribution is -2.09. The monoisotopic (exact) mass is 408 g/mol. The Morgan fingerprint density at radius 2 is 2.42 bits per heavy atom. The molecule has 0 spiro atoms. The fraction of sp³-hybridized carbons (Fsp3) is 0.312. The van der Waals surface area contributed by atoms with E-state index in [2.05, 4.69) is 25.9 Å². The fourth-order valence-corrected chi connectivity index (χ4v) is 3.70. The Labute approximate surface area is 152 Å². The van der Waals surface area contributed by atoms with Crippen LogP contribution in [0.25, 0.3) is 11.3 Å². The number of aromatic nitrogens is 1. The second-order valence-corrected chi connectivity index (χ2v) is 7.32. The quantitative estimate of drug-likeness (QED) is 0.602. The summed E-state index contributed by atoms with van der Waals surface area (Å²) in [6, 6.07) is 5.91. The van der Waals surface area contributed by atoms with Gasteiger partial charge in [0.2, 0.25) is 0 Å². The highest BCUT2D eigenvalue weighted by Crippen LogP contribution is 2.39. The van der Waals surface area contributed by atoms with Gasteiger partial charge in [-0.2, -0.15) is 0 Å². The lowest BCUT2D eigenvalue weighted by atomic mass is 10.1. The molecule has 3 rings (SSSR count). The van der Waals surface area contributed by atoms with E-state index in [1.54, 1.807) is 6.92 Å². The highest BCUT2D eigenvalue weighted by atomic mass is 79.9. The number of ether oxygens (including phenoxy) is 1. The molecule has 1 aliphatic heterocycles. The number of aliphatic hydroxyl groups is 1. The summed E-state index contributed by atoms with van der Waals surface area (Å²) in [6.45, 7) is 2.53. The average Bonchev–Trinajstić information content (AvgIpc) is 2.88. The van der Waals surface area contributed by atoms with Crippen molar-refractivity contribution in [3.05, 3.63) is 32.6 Å². The number of nitrogens with two attached hydrogens (primary N) is 1. The number of hydrogen-bond acceptors (Lipinski definition) is 5. The molecule has 6 nitrogen and oxygen atoms in total. The standard InChI is InChI=1S/C16H17BrN4O2S/c1-9(22)7-19-15(20-8-18)16-21-14-11-3-2-10(17)6-12(11)23-5-4-13(14)24-16/h2-3,6,8-9,22H,4-5,7H2,1H3,(H2,18,19,20). The minimum absolute atomic E-state index is 0.254. The summed E-state index contributed by atoms with van der Waals surface area (Å²) in [4.78, 5) is 14.3. The lowest BCUT2D eigenvalue weighted by molar-refractivity contribution is 0.204. The van der Waals surface area contributed by atoms with Crippen molar-refractivity contribution in [1.82, 2.24) is 4.98 Å². The summed E-state index contributed by atoms with van der Waals surface area (Å²) >= 11 is 5.00. The first-order valence-electron chi connectivity index (χ1n) is 7.48. The first-order valence-corrected chi connectivity index (χ1v) is 9.09. The molecule has 0 saturated carbocycles. The Balaban J connectivity index is 2.05. The Bertz CT molecular complexity index is 801. The number of amidine groups is 1. The van der Waals surface area contributed by atoms with Crippen LogP contribution in [0.5, 0.6) is 5.75 Å². The van der Waals surface area contributed by atoms with Crippen LogP contribution >= 0.6 is 27.3 Å². The number of hydrogen-bond donors (Lipinski definition) is 2. The van der Waals surface area contributed by atoms with Crippen LogP contribution in [0.3, 0.4) is 0 Å². The lowest BCUT2D eigenvalue weighted by Gasteiger charge is -2.07. The van der Waals surface area contributed by atoms with Gasteiger partial charge < -0.3 is 15.6 Å². The van der Waals surface area contributed by atoms with Crippen molar-refractivity contribution >= 4 is 39.4 Å². The molecule has 2 aromatic rings. The Morgan fingerprint density at radius 3 is 3.17 bits per heavy atom. The molecule has 24 heavy (non-hydrogen) atoms. The molecule has 0 aliphatic carbocycles. The first-order chi connectivity index (χ1) is 11.6. The highest BCUT2D eigenvalue weighted by molar-refractivity contribution is 9.10. The summed E-state index contributed by atoms with van der Waals surface area (Å²) in [6.07, 6.45) is 1.42. The van der Waals surface area contributed by atoms with Gasteiger partial charge in [-0.25, -0.2) is 9.98 Å². The Hall–Kier alpha value is -1.77. The molecule has 1 aromatic heterocycles. The van der Waals surface area contributed by atoms with Crippen LogP contribution in [0, 0.1) is 0 Å². The molecule has 0 fully saturated rings. The predicted molar refractivity (Wildman–Crippen MR) is 100 cm³/mol. The van der Waals surface area contributed by atoms with Crippen molar-refractivity contribution in [2.45, 2.75) is 19.4 Å². The largest absolute Gasteiger partial charge is 0.492 e. The Morgan fingerprint density at radius 1 is 1.58 bits per heavy atom. The van der Waals surface area contributed by atoms with Crippen LogP contribution in [0.2, 0.25) is 0 Å². The zero-order chi connectivity index (χ0) is 17.1. The number of fused-ring (bicyclic) bond motifs is 3. The molecule has 0 radical (unpaired) electrons. The minimum atomic E-state index is -0.544. The van der Waals surface area contributed by atoms with Crippen LogP contribution in [0.4, 0.5) is 0 Å². The summed E-state index contributed by atoms with van der Waals surface area (Å²) in [7, 11) is 0. The van der Waals surface area contributed by atoms with E-state index in [1.807, 2.05) is 18.2 Å². The van der Waals surface area contributed by atoms with Crippen molar-refractivity contribution in [3.8, 4) is 17.0 Å². The second-order valence-electron chi connectivity index (χ2n) is 5.32. The molecular weight excluding hydrogens is 392 g/mol. The molecule has 0 bridgehead atoms. The molecule has 1 aromatic carbocycles. The van der Waals surface area contributed by atoms with E-state index in [4.69, 9.17) is 15.5 Å². The van der Waals surface area contributed by atoms with Gasteiger partial charge in [-0.1, -0.05) is 15.9 Å². The van der Waals surface area contributed by atoms with Crippen molar-refractivity contribution in [2.24, 2.45) is 15.7 Å². The molecule has 1 atom stereocenters. The van der Waals surface area contributed by atoms with Crippen molar-refractivity contribution < 1.29 is 9.84 Å². The smallest absolute Gasteiger partial charge is 0.185 e. The second kappa shape index (κ2) is 7.42. The molecule has 126 valence electrons. The van der Waals surface area contributed by atoms with E-state index < -0.39 is 6.10 Å². The van der Waals surface area contributed by atoms with E-state index in [1.165, 1.54) is 17.7 Å². The van der Waals surface area contributed by atoms with E-state index in [0.717, 1.165) is 32.8 Å². The summed E-state index contributed by atoms with van der Waals surface area (Å²) in [5, 5.41) is 10.1. The molecule has 1 aliphatic rings. The molecule has 0 amide bonds. The van der Waals surface area contributed by atoms with Crippen molar-refractivity contribution in [1.29, 1.82) is 0 Å². The third-order valence-corrected chi connectivity index (χ3v) is 4.98. The highest BCUT2D eigenvalue weighted by Gasteiger charge is 2.22. The third kappa shape index (κ3) is 3.66. The maximum atomic E-state index is 9.44. The van der Waals surface area contributed by atoms with Crippen molar-refractivity contribution in [3.63, 3.8) is 0 Å². The van der Waals surface area contributed by atoms with E-state index in [-0.39, 0.29) is 6.54 Å². The van der Waals surface area contributed by atoms with Gasteiger partial charge in [0.15, 0.2) is 10.8 Å². The van der Waals surface area contributed by atoms with Crippen LogP contribution in [0.15, 0.2) is 32.7 Å². The minimum Gasteiger partial charge on any atom is -0.492 e. The van der Waals surface area contributed by atoms with Gasteiger partial charge in [0, 0.05) is 21.3 Å². The first kappa shape index (κ1) is 17.1. The maximum absolute atomic E-state index is 9.44. The number of aliphatic imine (C=N–C) groups is 2. The number of benzene rings is 1.